The lowest BCUT2D eigenvalue weighted by atomic mass is 9.76. The zero-order valence-corrected chi connectivity index (χ0v) is 11.7. The Kier molecular flexibility index (Phi) is 3.48. The Morgan fingerprint density at radius 2 is 2.20 bits per heavy atom. The Hall–Kier alpha value is -1.46. The molecule has 1 fully saturated rings. The third-order valence-electron chi connectivity index (χ3n) is 4.40. The van der Waals surface area contributed by atoms with E-state index in [1.807, 2.05) is 7.05 Å². The smallest absolute Gasteiger partial charge is 0.251 e. The van der Waals surface area contributed by atoms with Gasteiger partial charge in [0.25, 0.3) is 5.91 Å². The van der Waals surface area contributed by atoms with Gasteiger partial charge in [0.1, 0.15) is 5.82 Å². The summed E-state index contributed by atoms with van der Waals surface area (Å²) in [7, 11) is 1.89. The highest BCUT2D eigenvalue weighted by Crippen LogP contribution is 2.36. The van der Waals surface area contributed by atoms with E-state index in [1.165, 1.54) is 12.1 Å². The van der Waals surface area contributed by atoms with Crippen LogP contribution in [-0.4, -0.2) is 38.3 Å². The molecule has 1 amide bonds. The van der Waals surface area contributed by atoms with Crippen molar-refractivity contribution in [3.05, 3.63) is 35.1 Å². The van der Waals surface area contributed by atoms with Gasteiger partial charge in [0.05, 0.1) is 13.2 Å². The molecule has 1 aromatic rings. The van der Waals surface area contributed by atoms with E-state index in [1.54, 1.807) is 6.07 Å². The second kappa shape index (κ2) is 5.14. The van der Waals surface area contributed by atoms with Crippen LogP contribution in [-0.2, 0) is 4.74 Å². The van der Waals surface area contributed by atoms with Gasteiger partial charge in [-0.25, -0.2) is 4.39 Å². The van der Waals surface area contributed by atoms with Crippen molar-refractivity contribution in [3.8, 4) is 0 Å². The van der Waals surface area contributed by atoms with E-state index >= 15 is 0 Å². The van der Waals surface area contributed by atoms with Gasteiger partial charge in [0, 0.05) is 29.5 Å². The maximum absolute atomic E-state index is 13.4. The average molecular weight is 278 g/mol. The first-order chi connectivity index (χ1) is 9.61. The number of likely N-dealkylation sites (N-methyl/N-ethyl adjacent to an activating group) is 1. The lowest BCUT2D eigenvalue weighted by Crippen LogP contribution is -2.53. The van der Waals surface area contributed by atoms with Crippen molar-refractivity contribution < 1.29 is 13.9 Å². The first-order valence-corrected chi connectivity index (χ1v) is 6.97. The van der Waals surface area contributed by atoms with Gasteiger partial charge >= 0.3 is 0 Å². The molecule has 0 radical (unpaired) electrons. The van der Waals surface area contributed by atoms with Gasteiger partial charge < -0.3 is 15.4 Å². The number of benzene rings is 1. The van der Waals surface area contributed by atoms with Crippen LogP contribution >= 0.6 is 0 Å². The number of amides is 1. The molecule has 2 heterocycles. The minimum atomic E-state index is -0.378. The predicted octanol–water partition coefficient (Wildman–Crippen LogP) is 1.28. The number of carbonyl (C=O) groups is 1. The molecule has 0 spiro atoms. The highest BCUT2D eigenvalue weighted by Gasteiger charge is 2.42. The summed E-state index contributed by atoms with van der Waals surface area (Å²) in [5, 5.41) is 6.29. The molecular formula is C15H19FN2O2. The summed E-state index contributed by atoms with van der Waals surface area (Å²) in [5.41, 5.74) is 1.36. The van der Waals surface area contributed by atoms with Crippen LogP contribution in [0, 0.1) is 11.7 Å². The molecule has 4 nitrogen and oxygen atoms in total. The zero-order valence-electron chi connectivity index (χ0n) is 11.7. The standard InChI is InChI=1S/C15H19FN2O2/c1-8-6-20-7-12(17-2)13-10-4-3-9(16)5-11(10)15(19)18-14(8)13/h3-5,8,12-14,17H,6-7H2,1-2H3,(H,18,19)/t8?,12?,13?,14-/m1/s1. The van der Waals surface area contributed by atoms with E-state index in [9.17, 15) is 9.18 Å². The number of rotatable bonds is 1. The minimum absolute atomic E-state index is 0.0143. The average Bonchev–Trinajstić information content (AvgIpc) is 2.59. The first-order valence-electron chi connectivity index (χ1n) is 6.97. The third kappa shape index (κ3) is 2.11. The summed E-state index contributed by atoms with van der Waals surface area (Å²) in [4.78, 5) is 12.2. The maximum Gasteiger partial charge on any atom is 0.251 e. The van der Waals surface area contributed by atoms with E-state index in [0.717, 1.165) is 5.56 Å². The van der Waals surface area contributed by atoms with Crippen molar-refractivity contribution in [3.63, 3.8) is 0 Å². The van der Waals surface area contributed by atoms with Crippen LogP contribution < -0.4 is 10.6 Å². The van der Waals surface area contributed by atoms with Crippen LogP contribution in [0.4, 0.5) is 4.39 Å². The van der Waals surface area contributed by atoms with Gasteiger partial charge in [0.2, 0.25) is 0 Å². The van der Waals surface area contributed by atoms with Crippen LogP contribution in [0.3, 0.4) is 0 Å². The monoisotopic (exact) mass is 278 g/mol. The van der Waals surface area contributed by atoms with Crippen molar-refractivity contribution in [1.29, 1.82) is 0 Å². The summed E-state index contributed by atoms with van der Waals surface area (Å²) < 4.78 is 19.1. The summed E-state index contributed by atoms with van der Waals surface area (Å²) in [5.74, 6) is -0.244. The fraction of sp³-hybridized carbons (Fsp3) is 0.533. The quantitative estimate of drug-likeness (QED) is 0.813. The van der Waals surface area contributed by atoms with E-state index in [2.05, 4.69) is 17.6 Å². The normalized spacial score (nSPS) is 32.9. The van der Waals surface area contributed by atoms with Crippen LogP contribution in [0.15, 0.2) is 18.2 Å². The van der Waals surface area contributed by atoms with Crippen LogP contribution in [0.5, 0.6) is 0 Å². The van der Waals surface area contributed by atoms with Crippen molar-refractivity contribution in [2.45, 2.75) is 24.9 Å². The molecule has 1 saturated heterocycles. The molecule has 2 aliphatic rings. The fourth-order valence-electron chi connectivity index (χ4n) is 3.34. The molecule has 1 aromatic carbocycles. The largest absolute Gasteiger partial charge is 0.379 e. The van der Waals surface area contributed by atoms with E-state index < -0.39 is 0 Å². The van der Waals surface area contributed by atoms with Gasteiger partial charge in [-0.3, -0.25) is 4.79 Å². The van der Waals surface area contributed by atoms with Gasteiger partial charge in [0.15, 0.2) is 0 Å². The third-order valence-corrected chi connectivity index (χ3v) is 4.40. The molecule has 2 N–H and O–H groups in total. The summed E-state index contributed by atoms with van der Waals surface area (Å²) in [6.45, 7) is 3.29. The highest BCUT2D eigenvalue weighted by atomic mass is 19.1. The molecule has 5 heteroatoms. The van der Waals surface area contributed by atoms with Gasteiger partial charge in [-0.1, -0.05) is 13.0 Å². The molecule has 20 heavy (non-hydrogen) atoms. The minimum Gasteiger partial charge on any atom is -0.379 e. The predicted molar refractivity (Wildman–Crippen MR) is 73.2 cm³/mol. The van der Waals surface area contributed by atoms with E-state index in [0.29, 0.717) is 18.8 Å². The molecule has 4 atom stereocenters. The Morgan fingerprint density at radius 1 is 1.40 bits per heavy atom. The van der Waals surface area contributed by atoms with Gasteiger partial charge in [-0.15, -0.1) is 0 Å². The summed E-state index contributed by atoms with van der Waals surface area (Å²) in [6.07, 6.45) is 0. The van der Waals surface area contributed by atoms with Crippen LogP contribution in [0.2, 0.25) is 0 Å². The molecule has 3 unspecified atom stereocenters. The van der Waals surface area contributed by atoms with Crippen molar-refractivity contribution in [1.82, 2.24) is 10.6 Å². The molecule has 108 valence electrons. The van der Waals surface area contributed by atoms with Crippen LogP contribution in [0.25, 0.3) is 0 Å². The lowest BCUT2D eigenvalue weighted by molar-refractivity contribution is 0.0871. The van der Waals surface area contributed by atoms with Gasteiger partial charge in [-0.05, 0) is 24.7 Å². The zero-order chi connectivity index (χ0) is 14.3. The Balaban J connectivity index is 2.11. The number of carbonyl (C=O) groups excluding carboxylic acids is 1. The fourth-order valence-corrected chi connectivity index (χ4v) is 3.34. The summed E-state index contributed by atoms with van der Waals surface area (Å²) in [6, 6.07) is 4.61. The molecular weight excluding hydrogens is 259 g/mol. The SMILES string of the molecule is CNC1COCC(C)[C@H]2NC(=O)c3cc(F)ccc3C12. The number of hydrogen-bond donors (Lipinski definition) is 2. The number of nitrogens with one attached hydrogen (secondary N) is 2. The van der Waals surface area contributed by atoms with E-state index in [4.69, 9.17) is 4.74 Å². The number of fused-ring (bicyclic) bond motifs is 3. The van der Waals surface area contributed by atoms with Crippen molar-refractivity contribution in [2.75, 3.05) is 20.3 Å². The summed E-state index contributed by atoms with van der Waals surface area (Å²) >= 11 is 0. The number of hydrogen-bond acceptors (Lipinski definition) is 3. The molecule has 0 aromatic heterocycles. The second-order valence-electron chi connectivity index (χ2n) is 5.67. The molecule has 0 bridgehead atoms. The van der Waals surface area contributed by atoms with Crippen molar-refractivity contribution in [2.24, 2.45) is 5.92 Å². The van der Waals surface area contributed by atoms with Gasteiger partial charge in [-0.2, -0.15) is 0 Å². The highest BCUT2D eigenvalue weighted by molar-refractivity contribution is 5.97. The lowest BCUT2D eigenvalue weighted by Gasteiger charge is -2.38. The first kappa shape index (κ1) is 13.5. The van der Waals surface area contributed by atoms with Crippen LogP contribution in [0.1, 0.15) is 28.8 Å². The Morgan fingerprint density at radius 3 is 2.95 bits per heavy atom. The Labute approximate surface area is 117 Å². The number of halogens is 1. The van der Waals surface area contributed by atoms with E-state index in [-0.39, 0.29) is 35.6 Å². The molecule has 0 aliphatic carbocycles. The maximum atomic E-state index is 13.4. The molecule has 0 saturated carbocycles. The van der Waals surface area contributed by atoms with Crippen molar-refractivity contribution >= 4 is 5.91 Å². The Bertz CT molecular complexity index is 535. The number of ether oxygens (including phenoxy) is 1. The molecule has 2 aliphatic heterocycles. The molecule has 3 rings (SSSR count). The second-order valence-corrected chi connectivity index (χ2v) is 5.67. The topological polar surface area (TPSA) is 50.4 Å².